The highest BCUT2D eigenvalue weighted by atomic mass is 35.5. The van der Waals surface area contributed by atoms with Gasteiger partial charge in [-0.3, -0.25) is 9.36 Å². The molecule has 0 radical (unpaired) electrons. The number of hydrogen-bond acceptors (Lipinski definition) is 2. The number of hydrogen-bond donors (Lipinski definition) is 0. The van der Waals surface area contributed by atoms with Crippen molar-refractivity contribution in [3.63, 3.8) is 0 Å². The van der Waals surface area contributed by atoms with Gasteiger partial charge in [0, 0.05) is 6.54 Å². The molecule has 1 heterocycles. The van der Waals surface area contributed by atoms with Crippen LogP contribution >= 0.6 is 11.6 Å². The molecular weight excluding hydrogens is 248 g/mol. The average molecular weight is 265 g/mol. The number of rotatable bonds is 5. The third-order valence-corrected chi connectivity index (χ3v) is 3.28. The van der Waals surface area contributed by atoms with Crippen molar-refractivity contribution in [2.45, 2.75) is 38.6 Å². The van der Waals surface area contributed by atoms with Gasteiger partial charge in [-0.05, 0) is 18.6 Å². The molecule has 0 aliphatic carbocycles. The molecule has 0 N–H and O–H groups in total. The van der Waals surface area contributed by atoms with Crippen LogP contribution in [0.2, 0.25) is 0 Å². The topological polar surface area (TPSA) is 34.9 Å². The average Bonchev–Trinajstić information content (AvgIpc) is 2.41. The minimum atomic E-state index is 0.0207. The maximum atomic E-state index is 12.4. The number of fused-ring (bicyclic) bond motifs is 1. The van der Waals surface area contributed by atoms with E-state index in [9.17, 15) is 4.79 Å². The van der Waals surface area contributed by atoms with Gasteiger partial charge >= 0.3 is 0 Å². The fourth-order valence-corrected chi connectivity index (χ4v) is 2.27. The summed E-state index contributed by atoms with van der Waals surface area (Å²) < 4.78 is 1.71. The van der Waals surface area contributed by atoms with Crippen LogP contribution < -0.4 is 5.56 Å². The first-order valence-corrected chi connectivity index (χ1v) is 6.85. The van der Waals surface area contributed by atoms with Crippen LogP contribution in [-0.4, -0.2) is 9.55 Å². The van der Waals surface area contributed by atoms with E-state index < -0.39 is 0 Å². The van der Waals surface area contributed by atoms with Gasteiger partial charge in [0.25, 0.3) is 5.56 Å². The summed E-state index contributed by atoms with van der Waals surface area (Å²) in [6.07, 6.45) is 3.23. The number of benzene rings is 1. The highest BCUT2D eigenvalue weighted by Crippen LogP contribution is 2.10. The molecule has 0 aliphatic rings. The van der Waals surface area contributed by atoms with Crippen molar-refractivity contribution in [1.82, 2.24) is 9.55 Å². The van der Waals surface area contributed by atoms with Crippen molar-refractivity contribution >= 4 is 22.5 Å². The lowest BCUT2D eigenvalue weighted by Gasteiger charge is -2.11. The molecule has 18 heavy (non-hydrogen) atoms. The Morgan fingerprint density at radius 1 is 1.28 bits per heavy atom. The zero-order valence-electron chi connectivity index (χ0n) is 10.5. The van der Waals surface area contributed by atoms with E-state index in [1.807, 2.05) is 24.3 Å². The molecule has 0 fully saturated rings. The van der Waals surface area contributed by atoms with Crippen molar-refractivity contribution in [3.05, 3.63) is 40.4 Å². The quantitative estimate of drug-likeness (QED) is 0.613. The summed E-state index contributed by atoms with van der Waals surface area (Å²) in [7, 11) is 0. The molecule has 0 unspecified atom stereocenters. The van der Waals surface area contributed by atoms with E-state index in [1.54, 1.807) is 4.57 Å². The first kappa shape index (κ1) is 13.1. The largest absolute Gasteiger partial charge is 0.295 e. The Morgan fingerprint density at radius 3 is 2.78 bits per heavy atom. The molecule has 2 aromatic rings. The van der Waals surface area contributed by atoms with Crippen molar-refractivity contribution in [1.29, 1.82) is 0 Å². The Labute approximate surface area is 111 Å². The molecular formula is C14H17ClN2O. The van der Waals surface area contributed by atoms with Crippen molar-refractivity contribution in [2.24, 2.45) is 0 Å². The van der Waals surface area contributed by atoms with Gasteiger partial charge in [0.1, 0.15) is 5.82 Å². The fraction of sp³-hybridized carbons (Fsp3) is 0.429. The van der Waals surface area contributed by atoms with Crippen LogP contribution in [0.3, 0.4) is 0 Å². The molecule has 0 aliphatic heterocycles. The van der Waals surface area contributed by atoms with Gasteiger partial charge in [0.2, 0.25) is 0 Å². The maximum Gasteiger partial charge on any atom is 0.261 e. The SMILES string of the molecule is CCCCCn1c(CCl)nc2ccccc2c1=O. The minimum absolute atomic E-state index is 0.0207. The number of para-hydroxylation sites is 1. The van der Waals surface area contributed by atoms with E-state index >= 15 is 0 Å². The predicted molar refractivity (Wildman–Crippen MR) is 75.1 cm³/mol. The van der Waals surface area contributed by atoms with Gasteiger partial charge in [0.15, 0.2) is 0 Å². The molecule has 4 heteroatoms. The van der Waals surface area contributed by atoms with E-state index in [-0.39, 0.29) is 11.4 Å². The zero-order valence-corrected chi connectivity index (χ0v) is 11.3. The standard InChI is InChI=1S/C14H17ClN2O/c1-2-3-6-9-17-13(10-15)16-12-8-5-4-7-11(12)14(17)18/h4-5,7-8H,2-3,6,9-10H2,1H3. The van der Waals surface area contributed by atoms with E-state index in [0.29, 0.717) is 17.8 Å². The molecule has 0 bridgehead atoms. The Kier molecular flexibility index (Phi) is 4.37. The van der Waals surface area contributed by atoms with Crippen LogP contribution in [0, 0.1) is 0 Å². The summed E-state index contributed by atoms with van der Waals surface area (Å²) >= 11 is 5.90. The zero-order chi connectivity index (χ0) is 13.0. The fourth-order valence-electron chi connectivity index (χ4n) is 2.07. The molecule has 0 spiro atoms. The van der Waals surface area contributed by atoms with Crippen LogP contribution in [0.15, 0.2) is 29.1 Å². The molecule has 2 rings (SSSR count). The van der Waals surface area contributed by atoms with Crippen molar-refractivity contribution in [2.75, 3.05) is 0 Å². The highest BCUT2D eigenvalue weighted by Gasteiger charge is 2.09. The van der Waals surface area contributed by atoms with E-state index in [0.717, 1.165) is 24.8 Å². The number of alkyl halides is 1. The summed E-state index contributed by atoms with van der Waals surface area (Å²) in [6, 6.07) is 7.42. The smallest absolute Gasteiger partial charge is 0.261 e. The van der Waals surface area contributed by atoms with Gasteiger partial charge in [-0.25, -0.2) is 4.98 Å². The molecule has 0 amide bonds. The Bertz CT molecular complexity index is 592. The normalized spacial score (nSPS) is 11.0. The van der Waals surface area contributed by atoms with Crippen LogP contribution in [0.4, 0.5) is 0 Å². The van der Waals surface area contributed by atoms with Crippen molar-refractivity contribution < 1.29 is 0 Å². The number of aromatic nitrogens is 2. The molecule has 0 saturated carbocycles. The molecule has 0 atom stereocenters. The summed E-state index contributed by atoms with van der Waals surface area (Å²) in [4.78, 5) is 16.8. The number of unbranched alkanes of at least 4 members (excludes halogenated alkanes) is 2. The molecule has 1 aromatic heterocycles. The Morgan fingerprint density at radius 2 is 2.06 bits per heavy atom. The summed E-state index contributed by atoms with van der Waals surface area (Å²) in [5.74, 6) is 0.933. The predicted octanol–water partition coefficient (Wildman–Crippen LogP) is 3.33. The van der Waals surface area contributed by atoms with Gasteiger partial charge < -0.3 is 0 Å². The molecule has 3 nitrogen and oxygen atoms in total. The summed E-state index contributed by atoms with van der Waals surface area (Å²) in [5.41, 5.74) is 0.747. The lowest BCUT2D eigenvalue weighted by molar-refractivity contribution is 0.568. The minimum Gasteiger partial charge on any atom is -0.295 e. The second-order valence-corrected chi connectivity index (χ2v) is 4.61. The van der Waals surface area contributed by atoms with E-state index in [2.05, 4.69) is 11.9 Å². The monoisotopic (exact) mass is 264 g/mol. The summed E-state index contributed by atoms with van der Waals surface area (Å²) in [6.45, 7) is 2.84. The van der Waals surface area contributed by atoms with Gasteiger partial charge in [0.05, 0.1) is 16.8 Å². The lowest BCUT2D eigenvalue weighted by Crippen LogP contribution is -2.25. The third kappa shape index (κ3) is 2.56. The number of nitrogens with zero attached hydrogens (tertiary/aromatic N) is 2. The molecule has 0 saturated heterocycles. The highest BCUT2D eigenvalue weighted by molar-refractivity contribution is 6.16. The summed E-state index contributed by atoms with van der Waals surface area (Å²) in [5, 5.41) is 0.669. The lowest BCUT2D eigenvalue weighted by atomic mass is 10.2. The van der Waals surface area contributed by atoms with E-state index in [4.69, 9.17) is 11.6 Å². The Balaban J connectivity index is 2.49. The third-order valence-electron chi connectivity index (χ3n) is 3.05. The van der Waals surface area contributed by atoms with Gasteiger partial charge in [-0.1, -0.05) is 31.9 Å². The van der Waals surface area contributed by atoms with Crippen LogP contribution in [-0.2, 0) is 12.4 Å². The Hall–Kier alpha value is -1.35. The number of halogens is 1. The van der Waals surface area contributed by atoms with Crippen LogP contribution in [0.25, 0.3) is 10.9 Å². The molecule has 1 aromatic carbocycles. The second kappa shape index (κ2) is 6.01. The maximum absolute atomic E-state index is 12.4. The first-order valence-electron chi connectivity index (χ1n) is 6.32. The van der Waals surface area contributed by atoms with Gasteiger partial charge in [-0.2, -0.15) is 0 Å². The molecule has 96 valence electrons. The van der Waals surface area contributed by atoms with E-state index in [1.165, 1.54) is 0 Å². The van der Waals surface area contributed by atoms with Crippen molar-refractivity contribution in [3.8, 4) is 0 Å². The second-order valence-electron chi connectivity index (χ2n) is 4.34. The van der Waals surface area contributed by atoms with Gasteiger partial charge in [-0.15, -0.1) is 11.6 Å². The van der Waals surface area contributed by atoms with Crippen LogP contribution in [0.5, 0.6) is 0 Å². The first-order chi connectivity index (χ1) is 8.77. The van der Waals surface area contributed by atoms with Crippen LogP contribution in [0.1, 0.15) is 32.0 Å².